The molecule has 1 amide bonds. The van der Waals surface area contributed by atoms with Crippen molar-refractivity contribution in [1.82, 2.24) is 25.7 Å². The van der Waals surface area contributed by atoms with Gasteiger partial charge in [0, 0.05) is 30.7 Å². The molecule has 3 N–H and O–H groups in total. The van der Waals surface area contributed by atoms with Crippen LogP contribution < -0.4 is 10.8 Å². The van der Waals surface area contributed by atoms with Gasteiger partial charge in [0.05, 0.1) is 25.1 Å². The SMILES string of the molecule is C[C@H](NOC(=O)c1cccnc1)C(=O)N[C@@H](Cc1cnc[nH]1)C(=O)OCCCCO[N+](=O)[O-]. The second-order valence-corrected chi connectivity index (χ2v) is 6.74. The number of aromatic amines is 1. The molecule has 2 aromatic heterocycles. The lowest BCUT2D eigenvalue weighted by Crippen LogP contribution is -2.50. The molecule has 33 heavy (non-hydrogen) atoms. The van der Waals surface area contributed by atoms with Gasteiger partial charge < -0.3 is 24.7 Å². The maximum atomic E-state index is 12.5. The molecule has 178 valence electrons. The molecule has 0 spiro atoms. The zero-order valence-electron chi connectivity index (χ0n) is 17.8. The van der Waals surface area contributed by atoms with E-state index in [2.05, 4.69) is 30.6 Å². The monoisotopic (exact) mass is 464 g/mol. The molecule has 0 aliphatic rings. The lowest BCUT2D eigenvalue weighted by Gasteiger charge is -2.20. The molecule has 2 atom stereocenters. The summed E-state index contributed by atoms with van der Waals surface area (Å²) in [5, 5.41) is 11.8. The highest BCUT2D eigenvalue weighted by Crippen LogP contribution is 2.04. The van der Waals surface area contributed by atoms with Gasteiger partial charge in [0.25, 0.3) is 5.09 Å². The third-order valence-electron chi connectivity index (χ3n) is 4.18. The molecule has 0 unspecified atom stereocenters. The van der Waals surface area contributed by atoms with E-state index in [-0.39, 0.29) is 25.2 Å². The molecule has 0 bridgehead atoms. The van der Waals surface area contributed by atoms with E-state index in [1.807, 2.05) is 0 Å². The van der Waals surface area contributed by atoms with Crippen molar-refractivity contribution in [3.8, 4) is 0 Å². The normalized spacial score (nSPS) is 12.3. The first kappa shape index (κ1) is 25.2. The number of carbonyl (C=O) groups excluding carboxylic acids is 3. The van der Waals surface area contributed by atoms with Crippen molar-refractivity contribution in [1.29, 1.82) is 0 Å². The van der Waals surface area contributed by atoms with Crippen LogP contribution in [0.3, 0.4) is 0 Å². The number of rotatable bonds is 14. The highest BCUT2D eigenvalue weighted by atomic mass is 16.9. The maximum Gasteiger partial charge on any atom is 0.358 e. The second kappa shape index (κ2) is 13.4. The number of ether oxygens (including phenoxy) is 1. The number of H-pyrrole nitrogens is 1. The van der Waals surface area contributed by atoms with Gasteiger partial charge in [0.2, 0.25) is 5.91 Å². The molecule has 0 radical (unpaired) electrons. The molecule has 14 nitrogen and oxygen atoms in total. The smallest absolute Gasteiger partial charge is 0.358 e. The maximum absolute atomic E-state index is 12.5. The van der Waals surface area contributed by atoms with Crippen LogP contribution in [0.1, 0.15) is 35.8 Å². The summed E-state index contributed by atoms with van der Waals surface area (Å²) in [4.78, 5) is 66.7. The summed E-state index contributed by atoms with van der Waals surface area (Å²) >= 11 is 0. The van der Waals surface area contributed by atoms with E-state index in [1.165, 1.54) is 37.9 Å². The summed E-state index contributed by atoms with van der Waals surface area (Å²) in [6.07, 6.45) is 6.47. The molecule has 0 saturated carbocycles. The van der Waals surface area contributed by atoms with E-state index in [0.29, 0.717) is 18.5 Å². The van der Waals surface area contributed by atoms with Crippen LogP contribution in [0.5, 0.6) is 0 Å². The van der Waals surface area contributed by atoms with E-state index < -0.39 is 35.0 Å². The number of hydrogen-bond donors (Lipinski definition) is 3. The minimum Gasteiger partial charge on any atom is -0.464 e. The third kappa shape index (κ3) is 9.30. The highest BCUT2D eigenvalue weighted by Gasteiger charge is 2.26. The Bertz CT molecular complexity index is 908. The predicted molar refractivity (Wildman–Crippen MR) is 110 cm³/mol. The lowest BCUT2D eigenvalue weighted by atomic mass is 10.1. The Balaban J connectivity index is 1.85. The van der Waals surface area contributed by atoms with E-state index in [9.17, 15) is 24.5 Å². The van der Waals surface area contributed by atoms with Gasteiger partial charge in [-0.25, -0.2) is 14.6 Å². The molecule has 2 rings (SSSR count). The van der Waals surface area contributed by atoms with Gasteiger partial charge in [0.1, 0.15) is 12.1 Å². The first-order valence-corrected chi connectivity index (χ1v) is 9.95. The number of hydrogen-bond acceptors (Lipinski definition) is 11. The zero-order valence-corrected chi connectivity index (χ0v) is 17.8. The van der Waals surface area contributed by atoms with Crippen molar-refractivity contribution in [2.75, 3.05) is 13.2 Å². The molecule has 14 heteroatoms. The Morgan fingerprint density at radius 2 is 2.00 bits per heavy atom. The topological polar surface area (TPSA) is 188 Å². The number of hydroxylamine groups is 1. The average Bonchev–Trinajstić information content (AvgIpc) is 3.32. The van der Waals surface area contributed by atoms with Crippen LogP contribution in [0, 0.1) is 10.1 Å². The van der Waals surface area contributed by atoms with E-state index >= 15 is 0 Å². The largest absolute Gasteiger partial charge is 0.464 e. The third-order valence-corrected chi connectivity index (χ3v) is 4.18. The Hall–Kier alpha value is -4.07. The Morgan fingerprint density at radius 1 is 1.21 bits per heavy atom. The molecule has 0 aliphatic carbocycles. The fraction of sp³-hybridized carbons (Fsp3) is 0.421. The van der Waals surface area contributed by atoms with Crippen LogP contribution in [0.4, 0.5) is 0 Å². The molecule has 0 aromatic carbocycles. The van der Waals surface area contributed by atoms with Gasteiger partial charge >= 0.3 is 11.9 Å². The van der Waals surface area contributed by atoms with Crippen molar-refractivity contribution >= 4 is 17.8 Å². The first-order chi connectivity index (χ1) is 15.9. The van der Waals surface area contributed by atoms with Gasteiger partial charge in [-0.05, 0) is 31.9 Å². The van der Waals surface area contributed by atoms with Crippen molar-refractivity contribution in [3.63, 3.8) is 0 Å². The number of aromatic nitrogens is 3. The van der Waals surface area contributed by atoms with Crippen LogP contribution in [0.25, 0.3) is 0 Å². The van der Waals surface area contributed by atoms with Crippen molar-refractivity contribution < 1.29 is 33.9 Å². The molecule has 2 aromatic rings. The number of nitrogens with zero attached hydrogens (tertiary/aromatic N) is 3. The Kier molecular flexibility index (Phi) is 10.2. The standard InChI is InChI=1S/C19H24N6O8/c1-13(24-33-18(27)14-5-4-6-20-10-14)17(26)23-16(9-15-11-21-12-22-15)19(28)31-7-2-3-8-32-25(29)30/h4-6,10-13,16,24H,2-3,7-9H2,1H3,(H,21,22)(H,23,26)/t13-,16-/m0/s1. The van der Waals surface area contributed by atoms with Crippen molar-refractivity contribution in [2.24, 2.45) is 0 Å². The summed E-state index contributed by atoms with van der Waals surface area (Å²) in [6.45, 7) is 1.32. The molecule has 0 fully saturated rings. The van der Waals surface area contributed by atoms with Crippen LogP contribution in [-0.2, 0) is 30.4 Å². The molecular formula is C19H24N6O8. The Morgan fingerprint density at radius 3 is 2.67 bits per heavy atom. The predicted octanol–water partition coefficient (Wildman–Crippen LogP) is 0.114. The molecular weight excluding hydrogens is 440 g/mol. The number of nitrogens with one attached hydrogen (secondary N) is 3. The van der Waals surface area contributed by atoms with Crippen molar-refractivity contribution in [2.45, 2.75) is 38.3 Å². The minimum atomic E-state index is -1.05. The number of imidazole rings is 1. The van der Waals surface area contributed by atoms with Gasteiger partial charge in [0.15, 0.2) is 0 Å². The number of unbranched alkanes of at least 4 members (excludes halogenated alkanes) is 1. The van der Waals surface area contributed by atoms with Gasteiger partial charge in [-0.1, -0.05) is 0 Å². The summed E-state index contributed by atoms with van der Waals surface area (Å²) < 4.78 is 5.17. The van der Waals surface area contributed by atoms with Gasteiger partial charge in [-0.2, -0.15) is 0 Å². The molecule has 0 aliphatic heterocycles. The summed E-state index contributed by atoms with van der Waals surface area (Å²) in [7, 11) is 0. The van der Waals surface area contributed by atoms with Crippen LogP contribution in [0.2, 0.25) is 0 Å². The van der Waals surface area contributed by atoms with Crippen LogP contribution >= 0.6 is 0 Å². The first-order valence-electron chi connectivity index (χ1n) is 9.95. The second-order valence-electron chi connectivity index (χ2n) is 6.74. The summed E-state index contributed by atoms with van der Waals surface area (Å²) in [5.74, 6) is -2.04. The number of carbonyl (C=O) groups is 3. The summed E-state index contributed by atoms with van der Waals surface area (Å²) in [6, 6.07) is 1.03. The Labute approximate surface area is 188 Å². The van der Waals surface area contributed by atoms with E-state index in [4.69, 9.17) is 9.57 Å². The molecule has 2 heterocycles. The van der Waals surface area contributed by atoms with Crippen LogP contribution in [-0.4, -0.2) is 63.2 Å². The highest BCUT2D eigenvalue weighted by molar-refractivity contribution is 5.90. The molecule has 0 saturated heterocycles. The average molecular weight is 464 g/mol. The van der Waals surface area contributed by atoms with E-state index in [0.717, 1.165) is 0 Å². The number of esters is 1. The summed E-state index contributed by atoms with van der Waals surface area (Å²) in [5.41, 5.74) is 3.11. The lowest BCUT2D eigenvalue weighted by molar-refractivity contribution is -0.757. The quantitative estimate of drug-likeness (QED) is 0.149. The number of amides is 1. The van der Waals surface area contributed by atoms with Crippen molar-refractivity contribution in [3.05, 3.63) is 58.4 Å². The fourth-order valence-electron chi connectivity index (χ4n) is 2.46. The van der Waals surface area contributed by atoms with Gasteiger partial charge in [-0.3, -0.25) is 9.78 Å². The van der Waals surface area contributed by atoms with Gasteiger partial charge in [-0.15, -0.1) is 15.6 Å². The van der Waals surface area contributed by atoms with Crippen LogP contribution in [0.15, 0.2) is 37.1 Å². The minimum absolute atomic E-state index is 0.00815. The van der Waals surface area contributed by atoms with E-state index in [1.54, 1.807) is 6.07 Å². The zero-order chi connectivity index (χ0) is 24.1. The number of pyridine rings is 1. The fourth-order valence-corrected chi connectivity index (χ4v) is 2.46.